The van der Waals surface area contributed by atoms with E-state index in [1.807, 2.05) is 12.2 Å². The first kappa shape index (κ1) is 32.5. The molecule has 0 amide bonds. The molecule has 1 heterocycles. The highest BCUT2D eigenvalue weighted by molar-refractivity contribution is 5.85. The molecule has 38 heavy (non-hydrogen) atoms. The molecule has 0 fully saturated rings. The van der Waals surface area contributed by atoms with Gasteiger partial charge in [0.05, 0.1) is 12.2 Å². The zero-order chi connectivity index (χ0) is 27.7. The number of carbonyl (C=O) groups excluding carboxylic acids is 2. The summed E-state index contributed by atoms with van der Waals surface area (Å²) in [4.78, 5) is 42.4. The maximum absolute atomic E-state index is 12.2. The number of imidazole rings is 1. The number of hydrogen-bond donors (Lipinski definition) is 2. The summed E-state index contributed by atoms with van der Waals surface area (Å²) in [5.74, 6) is -1.82. The van der Waals surface area contributed by atoms with E-state index in [1.165, 1.54) is 6.33 Å². The largest absolute Gasteiger partial charge is 0.481 e. The van der Waals surface area contributed by atoms with Gasteiger partial charge in [0.1, 0.15) is 11.6 Å². The third-order valence-electron chi connectivity index (χ3n) is 5.70. The van der Waals surface area contributed by atoms with E-state index in [4.69, 9.17) is 0 Å². The predicted octanol–water partition coefficient (Wildman–Crippen LogP) is 7.44. The Hall–Kier alpha value is -3.54. The Balaban J connectivity index is 2.07. The second-order valence-electron chi connectivity index (χ2n) is 9.07. The predicted molar refractivity (Wildman–Crippen MR) is 155 cm³/mol. The molecule has 6 nitrogen and oxygen atoms in total. The number of rotatable bonds is 22. The molecule has 0 spiro atoms. The third kappa shape index (κ3) is 18.7. The van der Waals surface area contributed by atoms with Gasteiger partial charge in [0.2, 0.25) is 0 Å². The van der Waals surface area contributed by atoms with Crippen LogP contribution in [0.25, 0.3) is 0 Å². The molecule has 0 unspecified atom stereocenters. The molecular weight excluding hydrogens is 476 g/mol. The number of ketones is 2. The Morgan fingerprint density at radius 2 is 1.29 bits per heavy atom. The fourth-order valence-corrected chi connectivity index (χ4v) is 3.61. The number of H-pyrrole nitrogens is 1. The van der Waals surface area contributed by atoms with E-state index < -0.39 is 11.9 Å². The fourth-order valence-electron chi connectivity index (χ4n) is 3.61. The van der Waals surface area contributed by atoms with Gasteiger partial charge in [-0.2, -0.15) is 0 Å². The first-order chi connectivity index (χ1) is 18.5. The van der Waals surface area contributed by atoms with Crippen LogP contribution in [0.1, 0.15) is 83.2 Å². The van der Waals surface area contributed by atoms with Gasteiger partial charge in [-0.05, 0) is 44.9 Å². The lowest BCUT2D eigenvalue weighted by molar-refractivity contribution is -0.143. The summed E-state index contributed by atoms with van der Waals surface area (Å²) in [5.41, 5.74) is 0.691. The Kier molecular flexibility index (Phi) is 19.4. The molecule has 0 saturated heterocycles. The van der Waals surface area contributed by atoms with Crippen LogP contribution in [0.2, 0.25) is 0 Å². The van der Waals surface area contributed by atoms with Crippen LogP contribution in [-0.4, -0.2) is 32.6 Å². The molecule has 1 aromatic rings. The van der Waals surface area contributed by atoms with E-state index in [0.717, 1.165) is 38.5 Å². The first-order valence-corrected chi connectivity index (χ1v) is 13.7. The second kappa shape index (κ2) is 22.6. The zero-order valence-electron chi connectivity index (χ0n) is 22.8. The van der Waals surface area contributed by atoms with Gasteiger partial charge in [0.15, 0.2) is 0 Å². The summed E-state index contributed by atoms with van der Waals surface area (Å²) in [6.07, 6.45) is 35.8. The monoisotopic (exact) mass is 520 g/mol. The molecule has 0 radical (unpaired) electrons. The normalized spacial score (nSPS) is 13.3. The molecule has 1 atom stereocenters. The van der Waals surface area contributed by atoms with Crippen molar-refractivity contribution in [2.75, 3.05) is 0 Å². The number of carboxylic acid groups (broad SMARTS) is 1. The molecule has 0 bridgehead atoms. The van der Waals surface area contributed by atoms with Crippen molar-refractivity contribution in [1.82, 2.24) is 9.97 Å². The minimum atomic E-state index is -0.998. The highest BCUT2D eigenvalue weighted by atomic mass is 16.4. The second-order valence-corrected chi connectivity index (χ2v) is 9.07. The maximum Gasteiger partial charge on any atom is 0.307 e. The highest BCUT2D eigenvalue weighted by Crippen LogP contribution is 2.14. The molecular formula is C32H44N2O4. The number of aromatic amines is 1. The lowest BCUT2D eigenvalue weighted by Gasteiger charge is -2.10. The quantitative estimate of drug-likeness (QED) is 0.155. The number of nitrogens with one attached hydrogen (secondary N) is 1. The Bertz CT molecular complexity index is 966. The molecule has 6 heteroatoms. The smallest absolute Gasteiger partial charge is 0.307 e. The highest BCUT2D eigenvalue weighted by Gasteiger charge is 2.22. The summed E-state index contributed by atoms with van der Waals surface area (Å²) in [6, 6.07) is 0. The van der Waals surface area contributed by atoms with Crippen LogP contribution in [0.3, 0.4) is 0 Å². The SMILES string of the molecule is CC/C=C\C/C=C\C/C=C\C/C=C\C/C=C\C/C=C\CC(=O)CCCC(=O)C[C@@H](Cc1cnc[nH]1)C(=O)O. The molecule has 0 aliphatic carbocycles. The van der Waals surface area contributed by atoms with Crippen molar-refractivity contribution in [3.8, 4) is 0 Å². The van der Waals surface area contributed by atoms with Crippen LogP contribution in [0.15, 0.2) is 85.4 Å². The van der Waals surface area contributed by atoms with Crippen molar-refractivity contribution >= 4 is 17.5 Å². The molecule has 1 rings (SSSR count). The number of Topliss-reactive ketones (excluding diaryl/α,β-unsaturated/α-hetero) is 2. The summed E-state index contributed by atoms with van der Waals surface area (Å²) < 4.78 is 0. The van der Waals surface area contributed by atoms with Crippen molar-refractivity contribution in [3.63, 3.8) is 0 Å². The Morgan fingerprint density at radius 1 is 0.789 bits per heavy atom. The van der Waals surface area contributed by atoms with E-state index >= 15 is 0 Å². The lowest BCUT2D eigenvalue weighted by atomic mass is 9.95. The van der Waals surface area contributed by atoms with Gasteiger partial charge in [-0.1, -0.05) is 79.8 Å². The molecule has 206 valence electrons. The lowest BCUT2D eigenvalue weighted by Crippen LogP contribution is -2.20. The molecule has 0 aromatic carbocycles. The van der Waals surface area contributed by atoms with Crippen LogP contribution in [0, 0.1) is 5.92 Å². The Morgan fingerprint density at radius 3 is 1.76 bits per heavy atom. The van der Waals surface area contributed by atoms with Crippen molar-refractivity contribution in [1.29, 1.82) is 0 Å². The van der Waals surface area contributed by atoms with Crippen LogP contribution < -0.4 is 0 Å². The molecule has 1 aromatic heterocycles. The number of nitrogens with zero attached hydrogens (tertiary/aromatic N) is 1. The van der Waals surface area contributed by atoms with E-state index in [-0.39, 0.29) is 30.8 Å². The van der Waals surface area contributed by atoms with E-state index in [9.17, 15) is 19.5 Å². The van der Waals surface area contributed by atoms with Crippen LogP contribution >= 0.6 is 0 Å². The van der Waals surface area contributed by atoms with Crippen LogP contribution in [-0.2, 0) is 20.8 Å². The summed E-state index contributed by atoms with van der Waals surface area (Å²) >= 11 is 0. The van der Waals surface area contributed by atoms with Gasteiger partial charge >= 0.3 is 5.97 Å². The van der Waals surface area contributed by atoms with Crippen molar-refractivity contribution in [3.05, 3.63) is 91.1 Å². The van der Waals surface area contributed by atoms with Gasteiger partial charge in [-0.15, -0.1) is 0 Å². The summed E-state index contributed by atoms with van der Waals surface area (Å²) in [7, 11) is 0. The number of allylic oxidation sites excluding steroid dienone is 12. The topological polar surface area (TPSA) is 100 Å². The molecule has 0 aliphatic rings. The molecule has 0 saturated carbocycles. The minimum Gasteiger partial charge on any atom is -0.481 e. The number of hydrogen-bond acceptors (Lipinski definition) is 4. The van der Waals surface area contributed by atoms with Gasteiger partial charge in [0, 0.05) is 44.0 Å². The van der Waals surface area contributed by atoms with Gasteiger partial charge in [-0.25, -0.2) is 4.98 Å². The number of carbonyl (C=O) groups is 3. The van der Waals surface area contributed by atoms with Crippen LogP contribution in [0.5, 0.6) is 0 Å². The average molecular weight is 521 g/mol. The average Bonchev–Trinajstić information content (AvgIpc) is 3.41. The van der Waals surface area contributed by atoms with Crippen molar-refractivity contribution in [2.45, 2.75) is 84.0 Å². The van der Waals surface area contributed by atoms with Gasteiger partial charge in [-0.3, -0.25) is 14.4 Å². The molecule has 0 aliphatic heterocycles. The van der Waals surface area contributed by atoms with Crippen molar-refractivity contribution < 1.29 is 19.5 Å². The van der Waals surface area contributed by atoms with E-state index in [1.54, 1.807) is 6.20 Å². The Labute approximate surface area is 228 Å². The fraction of sp³-hybridized carbons (Fsp3) is 0.438. The number of carboxylic acids is 1. The third-order valence-corrected chi connectivity index (χ3v) is 5.70. The molecule has 2 N–H and O–H groups in total. The first-order valence-electron chi connectivity index (χ1n) is 13.7. The number of aliphatic carboxylic acids is 1. The minimum absolute atomic E-state index is 0.0320. The van der Waals surface area contributed by atoms with E-state index in [0.29, 0.717) is 25.0 Å². The number of aromatic nitrogens is 2. The van der Waals surface area contributed by atoms with Gasteiger partial charge < -0.3 is 10.1 Å². The maximum atomic E-state index is 12.2. The zero-order valence-corrected chi connectivity index (χ0v) is 22.8. The van der Waals surface area contributed by atoms with E-state index in [2.05, 4.69) is 77.7 Å². The summed E-state index contributed by atoms with van der Waals surface area (Å²) in [6.45, 7) is 2.14. The van der Waals surface area contributed by atoms with Crippen molar-refractivity contribution in [2.24, 2.45) is 5.92 Å². The standard InChI is InChI=1S/C32H44N2O4/c1-2-3-4-5-6-7-8-9-10-11-12-13-14-15-16-17-18-19-21-30(35)22-20-23-31(36)25-28(32(37)38)24-29-26-33-27-34-29/h3-4,6-7,9-10,12-13,15-16,18-19,26-28H,2,5,8,11,14,17,20-25H2,1H3,(H,33,34)(H,37,38)/b4-3-,7-6-,10-9-,13-12-,16-15-,19-18-/t28-/m1/s1. The van der Waals surface area contributed by atoms with Crippen LogP contribution in [0.4, 0.5) is 0 Å². The van der Waals surface area contributed by atoms with Gasteiger partial charge in [0.25, 0.3) is 0 Å². The summed E-state index contributed by atoms with van der Waals surface area (Å²) in [5, 5.41) is 9.35.